The van der Waals surface area contributed by atoms with Gasteiger partial charge in [0.1, 0.15) is 15.6 Å². The Morgan fingerprint density at radius 2 is 2.12 bits per heavy atom. The number of carbonyl (C=O) groups excluding carboxylic acids is 1. The van der Waals surface area contributed by atoms with Crippen molar-refractivity contribution in [3.63, 3.8) is 0 Å². The average Bonchev–Trinajstić information content (AvgIpc) is 2.19. The van der Waals surface area contributed by atoms with Crippen LogP contribution in [0.15, 0.2) is 11.1 Å². The number of aromatic nitrogens is 1. The van der Waals surface area contributed by atoms with Gasteiger partial charge in [0.2, 0.25) is 0 Å². The maximum absolute atomic E-state index is 11.5. The van der Waals surface area contributed by atoms with E-state index in [-0.39, 0.29) is 6.61 Å². The number of nitrogens with zero attached hydrogens (tertiary/aromatic N) is 1. The van der Waals surface area contributed by atoms with Gasteiger partial charge < -0.3 is 4.74 Å². The molecule has 0 unspecified atom stereocenters. The molecule has 94 valence electrons. The second-order valence-electron chi connectivity index (χ2n) is 2.80. The molecule has 0 saturated heterocycles. The number of ether oxygens (including phenoxy) is 1. The summed E-state index contributed by atoms with van der Waals surface area (Å²) in [5.41, 5.74) is -0.580. The van der Waals surface area contributed by atoms with E-state index in [4.69, 9.17) is 27.8 Å². The highest BCUT2D eigenvalue weighted by molar-refractivity contribution is 7.86. The molecule has 1 heterocycles. The smallest absolute Gasteiger partial charge is 0.342 e. The first-order valence-electron chi connectivity index (χ1n) is 4.27. The van der Waals surface area contributed by atoms with E-state index >= 15 is 0 Å². The first-order valence-corrected chi connectivity index (χ1v) is 6.47. The van der Waals surface area contributed by atoms with Crippen molar-refractivity contribution in [2.75, 3.05) is 6.61 Å². The van der Waals surface area contributed by atoms with Gasteiger partial charge in [-0.2, -0.15) is 8.42 Å². The fraction of sp³-hybridized carbons (Fsp3) is 0.250. The van der Waals surface area contributed by atoms with Crippen LogP contribution in [0.4, 0.5) is 0 Å². The molecule has 0 aliphatic rings. The Hall–Kier alpha value is -0.890. The zero-order chi connectivity index (χ0) is 13.2. The minimum atomic E-state index is -4.71. The first-order chi connectivity index (χ1) is 7.79. The van der Waals surface area contributed by atoms with Crippen LogP contribution in [-0.2, 0) is 14.9 Å². The number of hydrogen-bond acceptors (Lipinski definition) is 5. The molecule has 0 fully saturated rings. The molecule has 17 heavy (non-hydrogen) atoms. The standard InChI is InChI=1S/C8H7Cl2NO5S/c1-2-16-8(12)5-6(17(13,14)15)4(9)3-11-7(5)10/h3H,2H2,1H3,(H,13,14,15). The predicted molar refractivity (Wildman–Crippen MR) is 60.0 cm³/mol. The molecule has 0 aliphatic heterocycles. The molecular weight excluding hydrogens is 293 g/mol. The second kappa shape index (κ2) is 5.18. The number of halogens is 2. The van der Waals surface area contributed by atoms with E-state index in [0.29, 0.717) is 0 Å². The highest BCUT2D eigenvalue weighted by Gasteiger charge is 2.28. The summed E-state index contributed by atoms with van der Waals surface area (Å²) < 4.78 is 35.8. The maximum Gasteiger partial charge on any atom is 0.342 e. The fourth-order valence-electron chi connectivity index (χ4n) is 1.08. The molecule has 1 N–H and O–H groups in total. The lowest BCUT2D eigenvalue weighted by Crippen LogP contribution is -2.13. The third kappa shape index (κ3) is 3.06. The molecule has 0 aromatic carbocycles. The largest absolute Gasteiger partial charge is 0.462 e. The summed E-state index contributed by atoms with van der Waals surface area (Å²) in [7, 11) is -4.71. The van der Waals surface area contributed by atoms with Gasteiger partial charge in [-0.15, -0.1) is 0 Å². The third-order valence-electron chi connectivity index (χ3n) is 1.68. The van der Waals surface area contributed by atoms with Crippen LogP contribution < -0.4 is 0 Å². The minimum Gasteiger partial charge on any atom is -0.462 e. The molecule has 0 amide bonds. The van der Waals surface area contributed by atoms with E-state index in [1.807, 2.05) is 0 Å². The average molecular weight is 300 g/mol. The fourth-order valence-corrected chi connectivity index (χ4v) is 2.53. The number of hydrogen-bond donors (Lipinski definition) is 1. The lowest BCUT2D eigenvalue weighted by Gasteiger charge is -2.09. The van der Waals surface area contributed by atoms with Gasteiger partial charge in [-0.25, -0.2) is 9.78 Å². The van der Waals surface area contributed by atoms with Gasteiger partial charge in [0.15, 0.2) is 0 Å². The van der Waals surface area contributed by atoms with Crippen LogP contribution in [0.2, 0.25) is 10.2 Å². The lowest BCUT2D eigenvalue weighted by atomic mass is 10.3. The van der Waals surface area contributed by atoms with Crippen LogP contribution in [-0.4, -0.2) is 30.5 Å². The van der Waals surface area contributed by atoms with Gasteiger partial charge in [-0.05, 0) is 6.92 Å². The summed E-state index contributed by atoms with van der Waals surface area (Å²) in [5.74, 6) is -1.03. The topological polar surface area (TPSA) is 93.6 Å². The SMILES string of the molecule is CCOC(=O)c1c(Cl)ncc(Cl)c1S(=O)(=O)O. The van der Waals surface area contributed by atoms with E-state index in [2.05, 4.69) is 9.72 Å². The molecular formula is C8H7Cl2NO5S. The number of carbonyl (C=O) groups is 1. The normalized spacial score (nSPS) is 11.3. The first kappa shape index (κ1) is 14.2. The predicted octanol–water partition coefficient (Wildman–Crippen LogP) is 1.81. The van der Waals surface area contributed by atoms with Crippen molar-refractivity contribution in [1.29, 1.82) is 0 Å². The molecule has 0 aliphatic carbocycles. The van der Waals surface area contributed by atoms with Crippen molar-refractivity contribution in [1.82, 2.24) is 4.98 Å². The van der Waals surface area contributed by atoms with Crippen LogP contribution in [0.25, 0.3) is 0 Å². The summed E-state index contributed by atoms with van der Waals surface area (Å²) in [6.45, 7) is 1.53. The van der Waals surface area contributed by atoms with Crippen molar-refractivity contribution in [2.24, 2.45) is 0 Å². The van der Waals surface area contributed by atoms with Crippen LogP contribution in [0.1, 0.15) is 17.3 Å². The molecule has 0 spiro atoms. The molecule has 9 heteroatoms. The van der Waals surface area contributed by atoms with Gasteiger partial charge in [0.05, 0.1) is 11.6 Å². The van der Waals surface area contributed by atoms with Crippen LogP contribution in [0, 0.1) is 0 Å². The quantitative estimate of drug-likeness (QED) is 0.520. The summed E-state index contributed by atoms with van der Waals surface area (Å²) in [4.78, 5) is 14.2. The monoisotopic (exact) mass is 299 g/mol. The maximum atomic E-state index is 11.5. The molecule has 6 nitrogen and oxygen atoms in total. The molecule has 0 saturated carbocycles. The number of pyridine rings is 1. The molecule has 1 aromatic heterocycles. The molecule has 1 aromatic rings. The van der Waals surface area contributed by atoms with E-state index in [9.17, 15) is 13.2 Å². The van der Waals surface area contributed by atoms with Crippen molar-refractivity contribution in [3.8, 4) is 0 Å². The van der Waals surface area contributed by atoms with Crippen molar-refractivity contribution in [2.45, 2.75) is 11.8 Å². The Kier molecular flexibility index (Phi) is 4.31. The van der Waals surface area contributed by atoms with E-state index in [1.165, 1.54) is 6.92 Å². The zero-order valence-corrected chi connectivity index (χ0v) is 10.8. The van der Waals surface area contributed by atoms with Crippen LogP contribution >= 0.6 is 23.2 Å². The van der Waals surface area contributed by atoms with E-state index < -0.39 is 36.7 Å². The van der Waals surface area contributed by atoms with Gasteiger partial charge in [0, 0.05) is 6.20 Å². The molecule has 0 bridgehead atoms. The second-order valence-corrected chi connectivity index (χ2v) is 4.92. The van der Waals surface area contributed by atoms with Gasteiger partial charge in [-0.1, -0.05) is 23.2 Å². The van der Waals surface area contributed by atoms with Crippen LogP contribution in [0.3, 0.4) is 0 Å². The summed E-state index contributed by atoms with van der Waals surface area (Å²) >= 11 is 11.2. The van der Waals surface area contributed by atoms with Gasteiger partial charge in [0.25, 0.3) is 10.1 Å². The zero-order valence-electron chi connectivity index (χ0n) is 8.48. The molecule has 0 radical (unpaired) electrons. The summed E-state index contributed by atoms with van der Waals surface area (Å²) in [6, 6.07) is 0. The molecule has 0 atom stereocenters. The Balaban J connectivity index is 3.57. The molecule has 1 rings (SSSR count). The van der Waals surface area contributed by atoms with Crippen molar-refractivity contribution < 1.29 is 22.5 Å². The highest BCUT2D eigenvalue weighted by Crippen LogP contribution is 2.29. The van der Waals surface area contributed by atoms with E-state index in [0.717, 1.165) is 6.20 Å². The van der Waals surface area contributed by atoms with Gasteiger partial charge in [-0.3, -0.25) is 4.55 Å². The number of esters is 1. The Bertz CT molecular complexity index is 557. The van der Waals surface area contributed by atoms with Crippen LogP contribution in [0.5, 0.6) is 0 Å². The Morgan fingerprint density at radius 1 is 1.53 bits per heavy atom. The van der Waals surface area contributed by atoms with Gasteiger partial charge >= 0.3 is 5.97 Å². The Morgan fingerprint density at radius 3 is 2.59 bits per heavy atom. The van der Waals surface area contributed by atoms with Crippen molar-refractivity contribution >= 4 is 39.3 Å². The lowest BCUT2D eigenvalue weighted by molar-refractivity contribution is 0.0521. The Labute approximate surface area is 107 Å². The highest BCUT2D eigenvalue weighted by atomic mass is 35.5. The van der Waals surface area contributed by atoms with E-state index in [1.54, 1.807) is 0 Å². The summed E-state index contributed by atoms with van der Waals surface area (Å²) in [6.07, 6.45) is 0.912. The minimum absolute atomic E-state index is 0.00654. The third-order valence-corrected chi connectivity index (χ3v) is 3.30. The van der Waals surface area contributed by atoms with Crippen molar-refractivity contribution in [3.05, 3.63) is 21.9 Å². The summed E-state index contributed by atoms with van der Waals surface area (Å²) in [5, 5.41) is -0.833. The number of rotatable bonds is 3.